The second-order valence-corrected chi connectivity index (χ2v) is 6.27. The van der Waals surface area contributed by atoms with Crippen LogP contribution in [-0.4, -0.2) is 47.3 Å². The summed E-state index contributed by atoms with van der Waals surface area (Å²) in [5, 5.41) is 29.5. The molecule has 1 fully saturated rings. The number of aliphatic carboxylic acids is 2. The standard InChI is InChI=1S/C16H24N2O4.C2H2O4/c1-21-15-9-12(14(18(19)20)10-16(15)22-2)11-17-13-7-5-3-4-6-8-13;3-1(4)2(5)6/h9-10,13,17H,3-8,11H2,1-2H3;(H,3,4)(H,5,6). The van der Waals surface area contributed by atoms with Crippen molar-refractivity contribution in [2.24, 2.45) is 0 Å². The van der Waals surface area contributed by atoms with Crippen LogP contribution in [0.2, 0.25) is 0 Å². The van der Waals surface area contributed by atoms with Gasteiger partial charge in [-0.3, -0.25) is 10.1 Å². The van der Waals surface area contributed by atoms with Crippen molar-refractivity contribution in [3.63, 3.8) is 0 Å². The molecule has 2 rings (SSSR count). The molecule has 10 heteroatoms. The first kappa shape index (κ1) is 23.2. The Kier molecular flexibility index (Phi) is 9.72. The minimum Gasteiger partial charge on any atom is -0.493 e. The molecule has 0 spiro atoms. The summed E-state index contributed by atoms with van der Waals surface area (Å²) >= 11 is 0. The summed E-state index contributed by atoms with van der Waals surface area (Å²) in [6.45, 7) is 0.474. The van der Waals surface area contributed by atoms with Gasteiger partial charge in [-0.1, -0.05) is 25.7 Å². The van der Waals surface area contributed by atoms with Crippen LogP contribution in [0.1, 0.15) is 44.1 Å². The molecule has 0 unspecified atom stereocenters. The molecule has 3 N–H and O–H groups in total. The van der Waals surface area contributed by atoms with Gasteiger partial charge in [0.15, 0.2) is 11.5 Å². The molecule has 0 radical (unpaired) electrons. The number of hydrogen-bond donors (Lipinski definition) is 3. The normalized spacial score (nSPS) is 14.2. The minimum atomic E-state index is -1.82. The van der Waals surface area contributed by atoms with Crippen molar-refractivity contribution >= 4 is 17.6 Å². The highest BCUT2D eigenvalue weighted by molar-refractivity contribution is 6.27. The van der Waals surface area contributed by atoms with Crippen molar-refractivity contribution in [1.82, 2.24) is 5.32 Å². The van der Waals surface area contributed by atoms with Gasteiger partial charge in [0.1, 0.15) is 0 Å². The lowest BCUT2D eigenvalue weighted by atomic mass is 10.1. The van der Waals surface area contributed by atoms with E-state index in [1.807, 2.05) is 0 Å². The molecule has 0 atom stereocenters. The third-order valence-electron chi connectivity index (χ3n) is 4.40. The van der Waals surface area contributed by atoms with E-state index >= 15 is 0 Å². The molecular formula is C18H26N2O8. The molecule has 0 aromatic heterocycles. The molecule has 0 bridgehead atoms. The van der Waals surface area contributed by atoms with E-state index in [-0.39, 0.29) is 10.6 Å². The molecule has 10 nitrogen and oxygen atoms in total. The monoisotopic (exact) mass is 398 g/mol. The Morgan fingerprint density at radius 2 is 1.57 bits per heavy atom. The lowest BCUT2D eigenvalue weighted by molar-refractivity contribution is -0.385. The van der Waals surface area contributed by atoms with Crippen molar-refractivity contribution in [3.8, 4) is 11.5 Å². The highest BCUT2D eigenvalue weighted by Gasteiger charge is 2.20. The number of rotatable bonds is 6. The third kappa shape index (κ3) is 7.39. The van der Waals surface area contributed by atoms with Crippen LogP contribution < -0.4 is 14.8 Å². The van der Waals surface area contributed by atoms with Crippen molar-refractivity contribution in [2.75, 3.05) is 14.2 Å². The lowest BCUT2D eigenvalue weighted by Gasteiger charge is -2.17. The van der Waals surface area contributed by atoms with Gasteiger partial charge in [-0.25, -0.2) is 9.59 Å². The van der Waals surface area contributed by atoms with Crippen LogP contribution >= 0.6 is 0 Å². The van der Waals surface area contributed by atoms with E-state index in [1.54, 1.807) is 6.07 Å². The Hall–Kier alpha value is -2.88. The van der Waals surface area contributed by atoms with Gasteiger partial charge in [0.25, 0.3) is 5.69 Å². The fourth-order valence-electron chi connectivity index (χ4n) is 2.96. The first-order valence-electron chi connectivity index (χ1n) is 8.89. The molecule has 156 valence electrons. The van der Waals surface area contributed by atoms with E-state index < -0.39 is 11.9 Å². The molecule has 1 saturated carbocycles. The third-order valence-corrected chi connectivity index (χ3v) is 4.40. The predicted molar refractivity (Wildman–Crippen MR) is 99.8 cm³/mol. The second kappa shape index (κ2) is 11.8. The van der Waals surface area contributed by atoms with Gasteiger partial charge in [0.05, 0.1) is 25.2 Å². The highest BCUT2D eigenvalue weighted by atomic mass is 16.6. The number of nitro benzene ring substituents is 1. The molecule has 1 aromatic rings. The van der Waals surface area contributed by atoms with Crippen LogP contribution in [0.4, 0.5) is 5.69 Å². The van der Waals surface area contributed by atoms with Crippen LogP contribution in [0.3, 0.4) is 0 Å². The molecule has 1 aromatic carbocycles. The summed E-state index contributed by atoms with van der Waals surface area (Å²) in [4.78, 5) is 29.1. The number of benzene rings is 1. The number of nitrogens with one attached hydrogen (secondary N) is 1. The van der Waals surface area contributed by atoms with Crippen LogP contribution in [0.15, 0.2) is 12.1 Å². The van der Waals surface area contributed by atoms with E-state index in [1.165, 1.54) is 46.0 Å². The largest absolute Gasteiger partial charge is 0.493 e. The minimum absolute atomic E-state index is 0.0683. The van der Waals surface area contributed by atoms with Crippen LogP contribution in [-0.2, 0) is 16.1 Å². The average molecular weight is 398 g/mol. The van der Waals surface area contributed by atoms with E-state index in [2.05, 4.69) is 5.32 Å². The SMILES string of the molecule is COc1cc(CNC2CCCCCC2)c([N+](=O)[O-])cc1OC.O=C(O)C(=O)O. The maximum atomic E-state index is 11.3. The number of carboxylic acid groups (broad SMARTS) is 2. The predicted octanol–water partition coefficient (Wildman–Crippen LogP) is 2.58. The topological polar surface area (TPSA) is 148 Å². The summed E-state index contributed by atoms with van der Waals surface area (Å²) in [6, 6.07) is 3.57. The Balaban J connectivity index is 0.000000568. The van der Waals surface area contributed by atoms with Crippen LogP contribution in [0, 0.1) is 10.1 Å². The Bertz CT molecular complexity index is 672. The van der Waals surface area contributed by atoms with Gasteiger partial charge < -0.3 is 25.0 Å². The maximum Gasteiger partial charge on any atom is 0.414 e. The molecule has 28 heavy (non-hydrogen) atoms. The molecule has 0 saturated heterocycles. The zero-order chi connectivity index (χ0) is 21.1. The van der Waals surface area contributed by atoms with Gasteiger partial charge in [-0.15, -0.1) is 0 Å². The molecular weight excluding hydrogens is 372 g/mol. The molecule has 0 aliphatic heterocycles. The average Bonchev–Trinajstić information content (AvgIpc) is 2.94. The number of carboxylic acids is 2. The second-order valence-electron chi connectivity index (χ2n) is 6.27. The number of methoxy groups -OCH3 is 2. The zero-order valence-corrected chi connectivity index (χ0v) is 16.0. The number of ether oxygens (including phenoxy) is 2. The summed E-state index contributed by atoms with van der Waals surface area (Å²) in [5.74, 6) is -2.75. The quantitative estimate of drug-likeness (QED) is 0.284. The summed E-state index contributed by atoms with van der Waals surface area (Å²) < 4.78 is 10.4. The molecule has 1 aliphatic carbocycles. The number of nitrogens with zero attached hydrogens (tertiary/aromatic N) is 1. The zero-order valence-electron chi connectivity index (χ0n) is 16.0. The summed E-state index contributed by atoms with van der Waals surface area (Å²) in [5.41, 5.74) is 0.700. The number of hydrogen-bond acceptors (Lipinski definition) is 7. The van der Waals surface area contributed by atoms with Crippen LogP contribution in [0.25, 0.3) is 0 Å². The van der Waals surface area contributed by atoms with Gasteiger partial charge in [0.2, 0.25) is 0 Å². The van der Waals surface area contributed by atoms with Crippen LogP contribution in [0.5, 0.6) is 11.5 Å². The van der Waals surface area contributed by atoms with E-state index in [0.29, 0.717) is 29.6 Å². The summed E-state index contributed by atoms with van der Waals surface area (Å²) in [6.07, 6.45) is 7.31. The highest BCUT2D eigenvalue weighted by Crippen LogP contribution is 2.34. The Morgan fingerprint density at radius 3 is 2.00 bits per heavy atom. The van der Waals surface area contributed by atoms with Gasteiger partial charge >= 0.3 is 11.9 Å². The smallest absolute Gasteiger partial charge is 0.414 e. The van der Waals surface area contributed by atoms with Crippen molar-refractivity contribution in [2.45, 2.75) is 51.1 Å². The first-order chi connectivity index (χ1) is 13.3. The number of carbonyl (C=O) groups is 2. The fourth-order valence-corrected chi connectivity index (χ4v) is 2.96. The van der Waals surface area contributed by atoms with Gasteiger partial charge in [-0.05, 0) is 18.9 Å². The lowest BCUT2D eigenvalue weighted by Crippen LogP contribution is -2.28. The van der Waals surface area contributed by atoms with E-state index in [4.69, 9.17) is 29.3 Å². The fraction of sp³-hybridized carbons (Fsp3) is 0.556. The van der Waals surface area contributed by atoms with Crippen molar-refractivity contribution in [3.05, 3.63) is 27.8 Å². The van der Waals surface area contributed by atoms with Crippen molar-refractivity contribution < 1.29 is 34.2 Å². The van der Waals surface area contributed by atoms with Crippen molar-refractivity contribution in [1.29, 1.82) is 0 Å². The summed E-state index contributed by atoms with van der Waals surface area (Å²) in [7, 11) is 3.01. The Morgan fingerprint density at radius 1 is 1.07 bits per heavy atom. The first-order valence-corrected chi connectivity index (χ1v) is 8.89. The van der Waals surface area contributed by atoms with Gasteiger partial charge in [-0.2, -0.15) is 0 Å². The molecule has 0 heterocycles. The number of nitro groups is 1. The molecule has 0 amide bonds. The van der Waals surface area contributed by atoms with E-state index in [0.717, 1.165) is 12.8 Å². The van der Waals surface area contributed by atoms with E-state index in [9.17, 15) is 10.1 Å². The van der Waals surface area contributed by atoms with Gasteiger partial charge in [0, 0.05) is 18.2 Å². The Labute approximate surface area is 162 Å². The maximum absolute atomic E-state index is 11.3. The molecule has 1 aliphatic rings.